The first-order valence-corrected chi connectivity index (χ1v) is 10.1. The molecule has 0 spiro atoms. The number of aryl methyl sites for hydroxylation is 2. The molecule has 8 heteroatoms. The van der Waals surface area contributed by atoms with Crippen molar-refractivity contribution < 1.29 is 9.47 Å². The van der Waals surface area contributed by atoms with E-state index >= 15 is 0 Å². The van der Waals surface area contributed by atoms with Gasteiger partial charge in [0.25, 0.3) is 5.56 Å². The fourth-order valence-corrected chi connectivity index (χ4v) is 4.16. The zero-order chi connectivity index (χ0) is 19.6. The summed E-state index contributed by atoms with van der Waals surface area (Å²) < 4.78 is 13.2. The van der Waals surface area contributed by atoms with E-state index in [0.29, 0.717) is 23.5 Å². The number of fused-ring (bicyclic) bond motifs is 1. The van der Waals surface area contributed by atoms with Gasteiger partial charge in [-0.05, 0) is 59.5 Å². The lowest BCUT2D eigenvalue weighted by Gasteiger charge is -2.12. The van der Waals surface area contributed by atoms with Crippen molar-refractivity contribution in [3.8, 4) is 11.5 Å². The summed E-state index contributed by atoms with van der Waals surface area (Å²) in [5.74, 6) is 1.26. The van der Waals surface area contributed by atoms with Gasteiger partial charge >= 0.3 is 0 Å². The molecule has 0 atom stereocenters. The Kier molecular flexibility index (Phi) is 5.96. The molecule has 0 radical (unpaired) electrons. The van der Waals surface area contributed by atoms with Gasteiger partial charge in [0.05, 0.1) is 29.8 Å². The van der Waals surface area contributed by atoms with Crippen LogP contribution in [0.2, 0.25) is 0 Å². The molecule has 0 unspecified atom stereocenters. The molecule has 3 aromatic rings. The summed E-state index contributed by atoms with van der Waals surface area (Å²) in [4.78, 5) is 18.9. The molecule has 1 aromatic carbocycles. The third kappa shape index (κ3) is 3.91. The van der Waals surface area contributed by atoms with Crippen LogP contribution < -0.4 is 15.0 Å². The highest BCUT2D eigenvalue weighted by molar-refractivity contribution is 9.10. The number of rotatable bonds is 6. The zero-order valence-corrected chi connectivity index (χ0v) is 18.0. The lowest BCUT2D eigenvalue weighted by atomic mass is 10.2. The molecule has 0 fully saturated rings. The van der Waals surface area contributed by atoms with Crippen LogP contribution in [0.4, 0.5) is 0 Å². The maximum atomic E-state index is 12.7. The van der Waals surface area contributed by atoms with Crippen LogP contribution in [-0.4, -0.2) is 29.6 Å². The summed E-state index contributed by atoms with van der Waals surface area (Å²) in [6.45, 7) is 6.56. The predicted octanol–water partition coefficient (Wildman–Crippen LogP) is 4.52. The van der Waals surface area contributed by atoms with Crippen LogP contribution in [0.1, 0.15) is 29.3 Å². The number of halogens is 1. The van der Waals surface area contributed by atoms with E-state index in [0.717, 1.165) is 31.7 Å². The smallest absolute Gasteiger partial charge is 0.282 e. The Bertz CT molecular complexity index is 1070. The van der Waals surface area contributed by atoms with Crippen molar-refractivity contribution in [3.63, 3.8) is 0 Å². The number of benzene rings is 1. The van der Waals surface area contributed by atoms with Crippen molar-refractivity contribution in [2.75, 3.05) is 13.7 Å². The van der Waals surface area contributed by atoms with E-state index in [4.69, 9.17) is 9.47 Å². The first kappa shape index (κ1) is 19.6. The summed E-state index contributed by atoms with van der Waals surface area (Å²) in [6, 6.07) is 3.68. The highest BCUT2D eigenvalue weighted by Gasteiger charge is 2.13. The second-order valence-corrected chi connectivity index (χ2v) is 8.04. The van der Waals surface area contributed by atoms with Crippen molar-refractivity contribution in [2.45, 2.75) is 27.2 Å². The Morgan fingerprint density at radius 3 is 2.85 bits per heavy atom. The van der Waals surface area contributed by atoms with Crippen LogP contribution in [0.3, 0.4) is 0 Å². The Hall–Kier alpha value is -2.19. The van der Waals surface area contributed by atoms with Crippen LogP contribution in [0.5, 0.6) is 11.5 Å². The van der Waals surface area contributed by atoms with Crippen LogP contribution in [-0.2, 0) is 0 Å². The molecule has 27 heavy (non-hydrogen) atoms. The summed E-state index contributed by atoms with van der Waals surface area (Å²) in [6.07, 6.45) is 3.95. The molecule has 0 saturated heterocycles. The molecule has 142 valence electrons. The van der Waals surface area contributed by atoms with Crippen molar-refractivity contribution in [1.29, 1.82) is 0 Å². The number of aromatic nitrogens is 2. The predicted molar refractivity (Wildman–Crippen MR) is 113 cm³/mol. The highest BCUT2D eigenvalue weighted by Crippen LogP contribution is 2.36. The standard InChI is InChI=1S/C19H20BrN3O3S/c1-5-6-26-17-14(20)7-13(8-15(17)25-4)9-22-23-10-21-18-16(19(23)24)11(2)12(3)27-18/h7-10H,5-6H2,1-4H3/b22-9+. The quantitative estimate of drug-likeness (QED) is 0.518. The fourth-order valence-electron chi connectivity index (χ4n) is 2.60. The summed E-state index contributed by atoms with van der Waals surface area (Å²) >= 11 is 5.03. The van der Waals surface area contributed by atoms with E-state index in [-0.39, 0.29) is 5.56 Å². The van der Waals surface area contributed by atoms with E-state index in [1.54, 1.807) is 13.3 Å². The van der Waals surface area contributed by atoms with Crippen molar-refractivity contribution in [3.05, 3.63) is 49.3 Å². The maximum Gasteiger partial charge on any atom is 0.282 e. The number of methoxy groups -OCH3 is 1. The van der Waals surface area contributed by atoms with Gasteiger partial charge in [0.2, 0.25) is 0 Å². The number of nitrogens with zero attached hydrogens (tertiary/aromatic N) is 3. The Morgan fingerprint density at radius 1 is 1.37 bits per heavy atom. The Balaban J connectivity index is 1.98. The van der Waals surface area contributed by atoms with Gasteiger partial charge < -0.3 is 9.47 Å². The van der Waals surface area contributed by atoms with Crippen molar-refractivity contribution in [2.24, 2.45) is 5.10 Å². The van der Waals surface area contributed by atoms with E-state index in [9.17, 15) is 4.79 Å². The summed E-state index contributed by atoms with van der Waals surface area (Å²) in [7, 11) is 1.59. The van der Waals surface area contributed by atoms with E-state index < -0.39 is 0 Å². The van der Waals surface area contributed by atoms with Crippen LogP contribution in [0.15, 0.2) is 32.8 Å². The van der Waals surface area contributed by atoms with Crippen LogP contribution in [0, 0.1) is 13.8 Å². The Labute approximate surface area is 169 Å². The topological polar surface area (TPSA) is 65.7 Å². The van der Waals surface area contributed by atoms with Gasteiger partial charge in [-0.2, -0.15) is 9.78 Å². The lowest BCUT2D eigenvalue weighted by molar-refractivity contribution is 0.292. The van der Waals surface area contributed by atoms with Crippen LogP contribution in [0.25, 0.3) is 10.2 Å². The normalized spacial score (nSPS) is 11.4. The molecule has 0 amide bonds. The summed E-state index contributed by atoms with van der Waals surface area (Å²) in [5, 5.41) is 4.91. The average molecular weight is 450 g/mol. The number of ether oxygens (including phenoxy) is 2. The minimum atomic E-state index is -0.174. The summed E-state index contributed by atoms with van der Waals surface area (Å²) in [5.41, 5.74) is 1.55. The third-order valence-electron chi connectivity index (χ3n) is 4.11. The molecule has 2 aromatic heterocycles. The number of thiophene rings is 1. The van der Waals surface area contributed by atoms with Gasteiger partial charge in [0, 0.05) is 4.88 Å². The number of hydrogen-bond donors (Lipinski definition) is 0. The molecule has 2 heterocycles. The zero-order valence-electron chi connectivity index (χ0n) is 15.6. The van der Waals surface area contributed by atoms with E-state index in [2.05, 4.69) is 26.0 Å². The van der Waals surface area contributed by atoms with Crippen molar-refractivity contribution in [1.82, 2.24) is 9.66 Å². The number of hydrogen-bond acceptors (Lipinski definition) is 6. The lowest BCUT2D eigenvalue weighted by Crippen LogP contribution is -2.17. The second-order valence-electron chi connectivity index (χ2n) is 5.98. The van der Waals surface area contributed by atoms with Gasteiger partial charge in [-0.1, -0.05) is 6.92 Å². The van der Waals surface area contributed by atoms with Crippen molar-refractivity contribution >= 4 is 43.7 Å². The van der Waals surface area contributed by atoms with Crippen LogP contribution >= 0.6 is 27.3 Å². The minimum Gasteiger partial charge on any atom is -0.493 e. The minimum absolute atomic E-state index is 0.174. The fraction of sp³-hybridized carbons (Fsp3) is 0.316. The Morgan fingerprint density at radius 2 is 2.15 bits per heavy atom. The monoisotopic (exact) mass is 449 g/mol. The second kappa shape index (κ2) is 8.22. The molecule has 0 aliphatic carbocycles. The molecule has 3 rings (SSSR count). The molecule has 0 N–H and O–H groups in total. The molecule has 0 aliphatic rings. The maximum absolute atomic E-state index is 12.7. The first-order chi connectivity index (χ1) is 13.0. The highest BCUT2D eigenvalue weighted by atomic mass is 79.9. The third-order valence-corrected chi connectivity index (χ3v) is 5.81. The SMILES string of the molecule is CCCOc1c(Br)cc(/C=N/n2cnc3sc(C)c(C)c3c2=O)cc1OC. The molecule has 0 saturated carbocycles. The first-order valence-electron chi connectivity index (χ1n) is 8.48. The van der Waals surface area contributed by atoms with E-state index in [1.807, 2.05) is 32.9 Å². The van der Waals surface area contributed by atoms with Gasteiger partial charge in [-0.3, -0.25) is 4.79 Å². The average Bonchev–Trinajstić information content (AvgIpc) is 2.94. The van der Waals surface area contributed by atoms with Gasteiger partial charge in [-0.15, -0.1) is 11.3 Å². The van der Waals surface area contributed by atoms with Gasteiger partial charge in [-0.25, -0.2) is 4.98 Å². The van der Waals surface area contributed by atoms with Gasteiger partial charge in [0.1, 0.15) is 11.2 Å². The molecule has 6 nitrogen and oxygen atoms in total. The molecule has 0 aliphatic heterocycles. The molecular weight excluding hydrogens is 430 g/mol. The molecule has 0 bridgehead atoms. The molecular formula is C19H20BrN3O3S. The van der Waals surface area contributed by atoms with Gasteiger partial charge in [0.15, 0.2) is 11.5 Å². The largest absolute Gasteiger partial charge is 0.493 e. The van der Waals surface area contributed by atoms with E-state index in [1.165, 1.54) is 22.3 Å².